The number of ether oxygens (including phenoxy) is 1. The minimum absolute atomic E-state index is 0.0130. The fraction of sp³-hybridized carbons (Fsp3) is 0.500. The van der Waals surface area contributed by atoms with E-state index in [-0.39, 0.29) is 27.6 Å². The molecule has 2 atom stereocenters. The summed E-state index contributed by atoms with van der Waals surface area (Å²) < 4.78 is 32.6. The number of aromatic nitrogens is 1. The van der Waals surface area contributed by atoms with Crippen molar-refractivity contribution >= 4 is 27.2 Å². The van der Waals surface area contributed by atoms with E-state index in [0.29, 0.717) is 13.2 Å². The lowest BCUT2D eigenvalue weighted by Gasteiger charge is -2.15. The van der Waals surface area contributed by atoms with Crippen LogP contribution in [-0.2, 0) is 14.8 Å². The Bertz CT molecular complexity index is 604. The van der Waals surface area contributed by atoms with Crippen molar-refractivity contribution in [3.8, 4) is 0 Å². The number of nitrogens with zero attached hydrogens (tertiary/aromatic N) is 1. The lowest BCUT2D eigenvalue weighted by atomic mass is 10.0. The maximum absolute atomic E-state index is 12.3. The number of pyridine rings is 1. The molecule has 2 rings (SSSR count). The molecule has 1 saturated heterocycles. The molecule has 1 fully saturated rings. The van der Waals surface area contributed by atoms with Gasteiger partial charge in [0.1, 0.15) is 15.6 Å². The van der Waals surface area contributed by atoms with Gasteiger partial charge in [-0.15, -0.1) is 0 Å². The molecule has 110 valence electrons. The van der Waals surface area contributed by atoms with Crippen molar-refractivity contribution in [1.82, 2.24) is 9.71 Å². The van der Waals surface area contributed by atoms with Gasteiger partial charge in [0, 0.05) is 25.3 Å². The Morgan fingerprint density at radius 3 is 3.00 bits per heavy atom. The van der Waals surface area contributed by atoms with Crippen molar-refractivity contribution in [2.45, 2.75) is 24.3 Å². The number of sulfonamides is 1. The van der Waals surface area contributed by atoms with E-state index in [9.17, 15) is 8.42 Å². The lowest BCUT2D eigenvalue weighted by Crippen LogP contribution is -2.33. The summed E-state index contributed by atoms with van der Waals surface area (Å²) in [7, 11) is -3.68. The molecule has 20 heavy (non-hydrogen) atoms. The first kappa shape index (κ1) is 15.3. The van der Waals surface area contributed by atoms with Gasteiger partial charge in [-0.1, -0.05) is 12.2 Å². The van der Waals surface area contributed by atoms with Crippen LogP contribution in [0.15, 0.2) is 23.2 Å². The Hall–Kier alpha value is -1.09. The molecular formula is C12H17N3O3S2. The van der Waals surface area contributed by atoms with Gasteiger partial charge >= 0.3 is 0 Å². The third kappa shape index (κ3) is 3.32. The third-order valence-corrected chi connectivity index (χ3v) is 5.01. The van der Waals surface area contributed by atoms with Crippen LogP contribution in [0.4, 0.5) is 0 Å². The molecule has 2 unspecified atom stereocenters. The van der Waals surface area contributed by atoms with E-state index >= 15 is 0 Å². The minimum Gasteiger partial charge on any atom is -0.388 e. The second-order valence-corrected chi connectivity index (χ2v) is 6.87. The maximum Gasteiger partial charge on any atom is 0.242 e. The molecule has 0 spiro atoms. The van der Waals surface area contributed by atoms with Crippen LogP contribution in [0, 0.1) is 5.92 Å². The maximum atomic E-state index is 12.3. The summed E-state index contributed by atoms with van der Waals surface area (Å²) in [5, 5.41) is 0. The highest BCUT2D eigenvalue weighted by atomic mass is 32.2. The SMILES string of the molecule is CC1OCCC1CNS(=O)(=O)c1cccnc1C(N)=S. The standard InChI is InChI=1S/C12H17N3O3S2/c1-8-9(4-6-18-8)7-15-20(16,17)10-3-2-5-14-11(10)12(13)19/h2-3,5,8-9,15H,4,6-7H2,1H3,(H2,13,19). The van der Waals surface area contributed by atoms with Gasteiger partial charge in [-0.25, -0.2) is 13.1 Å². The van der Waals surface area contributed by atoms with Crippen LogP contribution in [0.5, 0.6) is 0 Å². The molecule has 1 aliphatic heterocycles. The third-order valence-electron chi connectivity index (χ3n) is 3.36. The summed E-state index contributed by atoms with van der Waals surface area (Å²) in [5.41, 5.74) is 5.62. The number of hydrogen-bond donors (Lipinski definition) is 2. The molecule has 1 aromatic rings. The molecule has 1 aromatic heterocycles. The molecule has 8 heteroatoms. The van der Waals surface area contributed by atoms with Gasteiger partial charge in [0.05, 0.1) is 6.10 Å². The smallest absolute Gasteiger partial charge is 0.242 e. The molecule has 0 bridgehead atoms. The van der Waals surface area contributed by atoms with Crippen molar-refractivity contribution < 1.29 is 13.2 Å². The summed E-state index contributed by atoms with van der Waals surface area (Å²) >= 11 is 4.83. The Kier molecular flexibility index (Phi) is 4.69. The average molecular weight is 315 g/mol. The van der Waals surface area contributed by atoms with Crippen molar-refractivity contribution in [2.75, 3.05) is 13.2 Å². The monoisotopic (exact) mass is 315 g/mol. The highest BCUT2D eigenvalue weighted by Gasteiger charge is 2.27. The molecule has 1 aliphatic rings. The van der Waals surface area contributed by atoms with Gasteiger partial charge in [0.15, 0.2) is 0 Å². The molecule has 0 radical (unpaired) electrons. The fourth-order valence-electron chi connectivity index (χ4n) is 2.13. The first-order valence-electron chi connectivity index (χ1n) is 6.28. The van der Waals surface area contributed by atoms with Crippen LogP contribution in [0.3, 0.4) is 0 Å². The van der Waals surface area contributed by atoms with Gasteiger partial charge in [0.25, 0.3) is 0 Å². The second-order valence-electron chi connectivity index (χ2n) is 4.69. The largest absolute Gasteiger partial charge is 0.388 e. The summed E-state index contributed by atoms with van der Waals surface area (Å²) in [6.45, 7) is 2.93. The van der Waals surface area contributed by atoms with Crippen LogP contribution in [0.2, 0.25) is 0 Å². The summed E-state index contributed by atoms with van der Waals surface area (Å²) in [6.07, 6.45) is 2.36. The van der Waals surface area contributed by atoms with Gasteiger partial charge in [-0.3, -0.25) is 4.98 Å². The second kappa shape index (κ2) is 6.13. The minimum atomic E-state index is -3.68. The first-order chi connectivity index (χ1) is 9.42. The van der Waals surface area contributed by atoms with Crippen LogP contribution in [0.25, 0.3) is 0 Å². The van der Waals surface area contributed by atoms with Crippen LogP contribution >= 0.6 is 12.2 Å². The van der Waals surface area contributed by atoms with E-state index in [1.165, 1.54) is 18.3 Å². The topological polar surface area (TPSA) is 94.3 Å². The van der Waals surface area contributed by atoms with Gasteiger partial charge < -0.3 is 10.5 Å². The molecule has 0 amide bonds. The molecule has 0 saturated carbocycles. The molecule has 3 N–H and O–H groups in total. The number of rotatable bonds is 5. The van der Waals surface area contributed by atoms with E-state index in [1.807, 2.05) is 6.92 Å². The quantitative estimate of drug-likeness (QED) is 0.765. The molecule has 2 heterocycles. The predicted molar refractivity (Wildman–Crippen MR) is 78.8 cm³/mol. The highest BCUT2D eigenvalue weighted by molar-refractivity contribution is 7.89. The average Bonchev–Trinajstić information content (AvgIpc) is 2.82. The molecule has 0 aliphatic carbocycles. The number of nitrogens with one attached hydrogen (secondary N) is 1. The Labute approximate surface area is 123 Å². The lowest BCUT2D eigenvalue weighted by molar-refractivity contribution is 0.107. The van der Waals surface area contributed by atoms with E-state index in [0.717, 1.165) is 6.42 Å². The van der Waals surface area contributed by atoms with Crippen molar-refractivity contribution in [2.24, 2.45) is 11.7 Å². The Morgan fingerprint density at radius 2 is 2.40 bits per heavy atom. The van der Waals surface area contributed by atoms with E-state index in [4.69, 9.17) is 22.7 Å². The van der Waals surface area contributed by atoms with E-state index < -0.39 is 10.0 Å². The van der Waals surface area contributed by atoms with Crippen LogP contribution < -0.4 is 10.5 Å². The van der Waals surface area contributed by atoms with Crippen molar-refractivity contribution in [1.29, 1.82) is 0 Å². The Morgan fingerprint density at radius 1 is 1.65 bits per heavy atom. The van der Waals surface area contributed by atoms with Crippen molar-refractivity contribution in [3.05, 3.63) is 24.0 Å². The fourth-order valence-corrected chi connectivity index (χ4v) is 3.62. The zero-order valence-electron chi connectivity index (χ0n) is 11.1. The molecule has 6 nitrogen and oxygen atoms in total. The number of hydrogen-bond acceptors (Lipinski definition) is 5. The number of thiocarbonyl (C=S) groups is 1. The normalized spacial score (nSPS) is 22.9. The van der Waals surface area contributed by atoms with Crippen molar-refractivity contribution in [3.63, 3.8) is 0 Å². The number of nitrogens with two attached hydrogens (primary N) is 1. The summed E-state index contributed by atoms with van der Waals surface area (Å²) in [4.78, 5) is 3.90. The molecule has 0 aromatic carbocycles. The predicted octanol–water partition coefficient (Wildman–Crippen LogP) is 0.419. The van der Waals surface area contributed by atoms with Gasteiger partial charge in [-0.2, -0.15) is 0 Å². The summed E-state index contributed by atoms with van der Waals surface area (Å²) in [6, 6.07) is 2.98. The molecular weight excluding hydrogens is 298 g/mol. The zero-order valence-corrected chi connectivity index (χ0v) is 12.7. The summed E-state index contributed by atoms with van der Waals surface area (Å²) in [5.74, 6) is 0.176. The van der Waals surface area contributed by atoms with Crippen LogP contribution in [0.1, 0.15) is 19.0 Å². The zero-order chi connectivity index (χ0) is 14.8. The first-order valence-corrected chi connectivity index (χ1v) is 8.17. The van der Waals surface area contributed by atoms with Gasteiger partial charge in [0.2, 0.25) is 10.0 Å². The highest BCUT2D eigenvalue weighted by Crippen LogP contribution is 2.20. The van der Waals surface area contributed by atoms with E-state index in [2.05, 4.69) is 9.71 Å². The Balaban J connectivity index is 2.16. The van der Waals surface area contributed by atoms with Gasteiger partial charge in [-0.05, 0) is 25.5 Å². The van der Waals surface area contributed by atoms with Crippen LogP contribution in [-0.4, -0.2) is 37.6 Å². The van der Waals surface area contributed by atoms with E-state index in [1.54, 1.807) is 0 Å².